The van der Waals surface area contributed by atoms with Gasteiger partial charge in [0, 0.05) is 16.3 Å². The maximum atomic E-state index is 13.2. The molecule has 2 aromatic carbocycles. The van der Waals surface area contributed by atoms with Crippen molar-refractivity contribution in [2.75, 3.05) is 18.1 Å². The Kier molecular flexibility index (Phi) is 5.51. The van der Waals surface area contributed by atoms with E-state index in [4.69, 9.17) is 10.5 Å². The standard InChI is InChI=1S/C17H20FNOS/c1-12-4-5-16(8-13(12)2)20-6-3-7-21-17-10-14(18)9-15(19)11-17/h4-5,8-11H,3,6-7,19H2,1-2H3. The van der Waals surface area contributed by atoms with E-state index in [0.717, 1.165) is 22.8 Å². The van der Waals surface area contributed by atoms with Crippen LogP contribution in [0.25, 0.3) is 0 Å². The van der Waals surface area contributed by atoms with Gasteiger partial charge in [0.15, 0.2) is 0 Å². The van der Waals surface area contributed by atoms with Crippen LogP contribution < -0.4 is 10.5 Å². The van der Waals surface area contributed by atoms with Crippen molar-refractivity contribution in [1.82, 2.24) is 0 Å². The van der Waals surface area contributed by atoms with Gasteiger partial charge in [0.25, 0.3) is 0 Å². The highest BCUT2D eigenvalue weighted by Crippen LogP contribution is 2.23. The SMILES string of the molecule is Cc1ccc(OCCCSc2cc(N)cc(F)c2)cc1C. The first kappa shape index (κ1) is 15.7. The number of hydrogen-bond acceptors (Lipinski definition) is 3. The number of nitrogen functional groups attached to an aromatic ring is 1. The van der Waals surface area contributed by atoms with Crippen LogP contribution in [0.5, 0.6) is 5.75 Å². The second-order valence-corrected chi connectivity index (χ2v) is 6.19. The van der Waals surface area contributed by atoms with Crippen LogP contribution in [0.4, 0.5) is 10.1 Å². The molecule has 0 bridgehead atoms. The van der Waals surface area contributed by atoms with Crippen molar-refractivity contribution in [2.45, 2.75) is 25.2 Å². The number of rotatable bonds is 6. The number of benzene rings is 2. The summed E-state index contributed by atoms with van der Waals surface area (Å²) in [4.78, 5) is 0.860. The molecule has 21 heavy (non-hydrogen) atoms. The molecule has 0 aliphatic heterocycles. The van der Waals surface area contributed by atoms with E-state index in [1.807, 2.05) is 6.07 Å². The van der Waals surface area contributed by atoms with Crippen LogP contribution in [0, 0.1) is 19.7 Å². The molecule has 0 heterocycles. The van der Waals surface area contributed by atoms with Crippen LogP contribution in [0.15, 0.2) is 41.3 Å². The normalized spacial score (nSPS) is 10.6. The predicted molar refractivity (Wildman–Crippen MR) is 87.6 cm³/mol. The summed E-state index contributed by atoms with van der Waals surface area (Å²) in [6, 6.07) is 10.7. The number of ether oxygens (including phenoxy) is 1. The van der Waals surface area contributed by atoms with Crippen LogP contribution in [-0.2, 0) is 0 Å². The van der Waals surface area contributed by atoms with Crippen LogP contribution in [-0.4, -0.2) is 12.4 Å². The Balaban J connectivity index is 1.73. The van der Waals surface area contributed by atoms with Crippen LogP contribution in [0.1, 0.15) is 17.5 Å². The number of halogens is 1. The summed E-state index contributed by atoms with van der Waals surface area (Å²) in [7, 11) is 0. The molecule has 2 N–H and O–H groups in total. The Bertz CT molecular complexity index is 595. The van der Waals surface area contributed by atoms with E-state index in [2.05, 4.69) is 26.0 Å². The fourth-order valence-electron chi connectivity index (χ4n) is 1.91. The lowest BCUT2D eigenvalue weighted by molar-refractivity contribution is 0.318. The van der Waals surface area contributed by atoms with Crippen molar-refractivity contribution < 1.29 is 9.13 Å². The lowest BCUT2D eigenvalue weighted by atomic mass is 10.1. The number of aryl methyl sites for hydroxylation is 2. The molecular formula is C17H20FNOS. The molecule has 4 heteroatoms. The molecule has 0 fully saturated rings. The fourth-order valence-corrected chi connectivity index (χ4v) is 2.82. The molecule has 0 spiro atoms. The maximum Gasteiger partial charge on any atom is 0.126 e. The zero-order valence-corrected chi connectivity index (χ0v) is 13.2. The van der Waals surface area contributed by atoms with Crippen molar-refractivity contribution >= 4 is 17.4 Å². The van der Waals surface area contributed by atoms with Gasteiger partial charge < -0.3 is 10.5 Å². The van der Waals surface area contributed by atoms with Crippen LogP contribution >= 0.6 is 11.8 Å². The van der Waals surface area contributed by atoms with E-state index >= 15 is 0 Å². The fraction of sp³-hybridized carbons (Fsp3) is 0.294. The summed E-state index contributed by atoms with van der Waals surface area (Å²) in [6.07, 6.45) is 0.897. The van der Waals surface area contributed by atoms with Gasteiger partial charge >= 0.3 is 0 Å². The minimum Gasteiger partial charge on any atom is -0.494 e. The highest BCUT2D eigenvalue weighted by Gasteiger charge is 2.01. The van der Waals surface area contributed by atoms with E-state index in [9.17, 15) is 4.39 Å². The quantitative estimate of drug-likeness (QED) is 0.482. The van der Waals surface area contributed by atoms with Crippen molar-refractivity contribution in [2.24, 2.45) is 0 Å². The van der Waals surface area contributed by atoms with Crippen LogP contribution in [0.2, 0.25) is 0 Å². The number of nitrogens with two attached hydrogens (primary N) is 1. The maximum absolute atomic E-state index is 13.2. The molecular weight excluding hydrogens is 285 g/mol. The molecule has 2 nitrogen and oxygen atoms in total. The van der Waals surface area contributed by atoms with Gasteiger partial charge in [-0.05, 0) is 61.7 Å². The number of anilines is 1. The average molecular weight is 305 g/mol. The van der Waals surface area contributed by atoms with E-state index in [1.54, 1.807) is 17.8 Å². The van der Waals surface area contributed by atoms with E-state index < -0.39 is 0 Å². The minimum absolute atomic E-state index is 0.288. The second-order valence-electron chi connectivity index (χ2n) is 5.02. The highest BCUT2D eigenvalue weighted by molar-refractivity contribution is 7.99. The number of hydrogen-bond donors (Lipinski definition) is 1. The molecule has 0 saturated heterocycles. The molecule has 112 valence electrons. The first-order valence-electron chi connectivity index (χ1n) is 6.93. The third-order valence-electron chi connectivity index (χ3n) is 3.20. The molecule has 0 radical (unpaired) electrons. The predicted octanol–water partition coefficient (Wildman–Crippen LogP) is 4.59. The van der Waals surface area contributed by atoms with Gasteiger partial charge in [-0.3, -0.25) is 0 Å². The Morgan fingerprint density at radius 3 is 2.62 bits per heavy atom. The van der Waals surface area contributed by atoms with E-state index in [1.165, 1.54) is 23.3 Å². The zero-order valence-electron chi connectivity index (χ0n) is 12.4. The average Bonchev–Trinajstić information content (AvgIpc) is 2.41. The van der Waals surface area contributed by atoms with Gasteiger partial charge in [-0.25, -0.2) is 4.39 Å². The Labute approximate surface area is 129 Å². The molecule has 0 saturated carbocycles. The van der Waals surface area contributed by atoms with Gasteiger partial charge in [-0.15, -0.1) is 11.8 Å². The molecule has 0 aliphatic rings. The third kappa shape index (κ3) is 4.97. The van der Waals surface area contributed by atoms with Gasteiger partial charge in [0.05, 0.1) is 6.61 Å². The van der Waals surface area contributed by atoms with Gasteiger partial charge in [0.2, 0.25) is 0 Å². The van der Waals surface area contributed by atoms with Gasteiger partial charge in [0.1, 0.15) is 11.6 Å². The molecule has 0 amide bonds. The first-order valence-corrected chi connectivity index (χ1v) is 7.92. The monoisotopic (exact) mass is 305 g/mol. The third-order valence-corrected chi connectivity index (χ3v) is 4.26. The molecule has 0 atom stereocenters. The molecule has 0 aromatic heterocycles. The minimum atomic E-state index is -0.288. The summed E-state index contributed by atoms with van der Waals surface area (Å²) < 4.78 is 18.9. The smallest absolute Gasteiger partial charge is 0.126 e. The summed E-state index contributed by atoms with van der Waals surface area (Å²) in [5, 5.41) is 0. The summed E-state index contributed by atoms with van der Waals surface area (Å²) >= 11 is 1.59. The van der Waals surface area contributed by atoms with Gasteiger partial charge in [-0.2, -0.15) is 0 Å². The van der Waals surface area contributed by atoms with Crippen molar-refractivity contribution in [1.29, 1.82) is 0 Å². The Morgan fingerprint density at radius 1 is 1.10 bits per heavy atom. The first-order chi connectivity index (χ1) is 10.0. The van der Waals surface area contributed by atoms with Crippen molar-refractivity contribution in [3.8, 4) is 5.75 Å². The lowest BCUT2D eigenvalue weighted by Gasteiger charge is -2.08. The summed E-state index contributed by atoms with van der Waals surface area (Å²) in [5.41, 5.74) is 8.57. The topological polar surface area (TPSA) is 35.2 Å². The van der Waals surface area contributed by atoms with Crippen molar-refractivity contribution in [3.63, 3.8) is 0 Å². The largest absolute Gasteiger partial charge is 0.494 e. The number of thioether (sulfide) groups is 1. The molecule has 2 aromatic rings. The zero-order chi connectivity index (χ0) is 15.2. The lowest BCUT2D eigenvalue weighted by Crippen LogP contribution is -1.99. The summed E-state index contributed by atoms with van der Waals surface area (Å²) in [6.45, 7) is 4.81. The Morgan fingerprint density at radius 2 is 1.90 bits per heavy atom. The molecule has 0 unspecified atom stereocenters. The van der Waals surface area contributed by atoms with Gasteiger partial charge in [-0.1, -0.05) is 6.07 Å². The Hall–Kier alpha value is -1.68. The van der Waals surface area contributed by atoms with Crippen LogP contribution in [0.3, 0.4) is 0 Å². The molecule has 0 aliphatic carbocycles. The van der Waals surface area contributed by atoms with E-state index in [-0.39, 0.29) is 5.82 Å². The molecule has 2 rings (SSSR count). The summed E-state index contributed by atoms with van der Waals surface area (Å²) in [5.74, 6) is 1.48. The van der Waals surface area contributed by atoms with E-state index in [0.29, 0.717) is 12.3 Å². The highest BCUT2D eigenvalue weighted by atomic mass is 32.2. The van der Waals surface area contributed by atoms with Crippen molar-refractivity contribution in [3.05, 3.63) is 53.3 Å². The second kappa shape index (κ2) is 7.36.